The van der Waals surface area contributed by atoms with Crippen molar-refractivity contribution in [1.82, 2.24) is 4.90 Å². The van der Waals surface area contributed by atoms with Gasteiger partial charge in [-0.3, -0.25) is 4.79 Å². The van der Waals surface area contributed by atoms with Crippen LogP contribution in [0.1, 0.15) is 30.7 Å². The molecule has 1 unspecified atom stereocenters. The summed E-state index contributed by atoms with van der Waals surface area (Å²) in [6.45, 7) is 1.29. The molecule has 0 aromatic heterocycles. The molecule has 1 N–H and O–H groups in total. The average molecular weight is 233 g/mol. The van der Waals surface area contributed by atoms with Crippen LogP contribution in [0, 0.1) is 0 Å². The number of aliphatic hydroxyl groups is 1. The van der Waals surface area contributed by atoms with Crippen LogP contribution in [-0.4, -0.2) is 35.6 Å². The van der Waals surface area contributed by atoms with Gasteiger partial charge < -0.3 is 10.0 Å². The van der Waals surface area contributed by atoms with E-state index in [1.54, 1.807) is 4.90 Å². The molecule has 1 aliphatic rings. The molecular formula is C14H19NO2. The number of hydrogen-bond donors (Lipinski definition) is 1. The summed E-state index contributed by atoms with van der Waals surface area (Å²) in [6, 6.07) is 10.4. The molecule has 1 fully saturated rings. The molecule has 1 aromatic rings. The molecule has 1 aliphatic heterocycles. The van der Waals surface area contributed by atoms with Crippen LogP contribution in [0.5, 0.6) is 0 Å². The lowest BCUT2D eigenvalue weighted by atomic mass is 9.92. The zero-order valence-electron chi connectivity index (χ0n) is 10.0. The van der Waals surface area contributed by atoms with Crippen molar-refractivity contribution in [3.05, 3.63) is 35.9 Å². The molecule has 0 bridgehead atoms. The first-order valence-corrected chi connectivity index (χ1v) is 6.25. The van der Waals surface area contributed by atoms with E-state index >= 15 is 0 Å². The number of amides is 1. The number of likely N-dealkylation sites (tertiary alicyclic amines) is 1. The quantitative estimate of drug-likeness (QED) is 0.864. The maximum atomic E-state index is 11.8. The van der Waals surface area contributed by atoms with Crippen LogP contribution in [-0.2, 0) is 4.79 Å². The van der Waals surface area contributed by atoms with Gasteiger partial charge in [0.2, 0.25) is 5.91 Å². The highest BCUT2D eigenvalue weighted by atomic mass is 16.3. The van der Waals surface area contributed by atoms with Gasteiger partial charge in [0.15, 0.2) is 0 Å². The minimum atomic E-state index is 0.0573. The van der Waals surface area contributed by atoms with Gasteiger partial charge in [-0.2, -0.15) is 0 Å². The lowest BCUT2D eigenvalue weighted by Gasteiger charge is -2.19. The van der Waals surface area contributed by atoms with Gasteiger partial charge in [-0.25, -0.2) is 0 Å². The number of benzene rings is 1. The van der Waals surface area contributed by atoms with Crippen molar-refractivity contribution in [2.45, 2.75) is 25.2 Å². The van der Waals surface area contributed by atoms with Crippen LogP contribution in [0.4, 0.5) is 0 Å². The molecule has 0 radical (unpaired) electrons. The van der Waals surface area contributed by atoms with Crippen molar-refractivity contribution in [3.63, 3.8) is 0 Å². The highest BCUT2D eigenvalue weighted by molar-refractivity contribution is 5.76. The van der Waals surface area contributed by atoms with E-state index in [-0.39, 0.29) is 12.5 Å². The Morgan fingerprint density at radius 2 is 2.00 bits per heavy atom. The molecule has 1 amide bonds. The van der Waals surface area contributed by atoms with Crippen LogP contribution in [0.25, 0.3) is 0 Å². The third kappa shape index (κ3) is 3.07. The van der Waals surface area contributed by atoms with Gasteiger partial charge in [0.25, 0.3) is 0 Å². The van der Waals surface area contributed by atoms with E-state index in [1.807, 2.05) is 18.2 Å². The van der Waals surface area contributed by atoms with Crippen molar-refractivity contribution in [1.29, 1.82) is 0 Å². The molecule has 0 spiro atoms. The number of carbonyl (C=O) groups is 1. The molecule has 92 valence electrons. The predicted octanol–water partition coefficient (Wildman–Crippen LogP) is 1.77. The summed E-state index contributed by atoms with van der Waals surface area (Å²) in [5.74, 6) is 0.654. The van der Waals surface area contributed by atoms with E-state index in [1.165, 1.54) is 5.56 Å². The van der Waals surface area contributed by atoms with Gasteiger partial charge in [0.1, 0.15) is 0 Å². The molecule has 1 atom stereocenters. The third-order valence-corrected chi connectivity index (χ3v) is 3.45. The largest absolute Gasteiger partial charge is 0.395 e. The normalized spacial score (nSPS) is 21.4. The van der Waals surface area contributed by atoms with E-state index < -0.39 is 0 Å². The summed E-state index contributed by atoms with van der Waals surface area (Å²) in [6.07, 6.45) is 2.51. The summed E-state index contributed by atoms with van der Waals surface area (Å²) in [5, 5.41) is 8.92. The lowest BCUT2D eigenvalue weighted by molar-refractivity contribution is -0.131. The summed E-state index contributed by atoms with van der Waals surface area (Å²) in [7, 11) is 0. The second-order valence-electron chi connectivity index (χ2n) is 4.54. The zero-order valence-corrected chi connectivity index (χ0v) is 10.0. The number of nitrogens with zero attached hydrogens (tertiary/aromatic N) is 1. The summed E-state index contributed by atoms with van der Waals surface area (Å²) in [5.41, 5.74) is 1.33. The Labute approximate surface area is 102 Å². The molecule has 17 heavy (non-hydrogen) atoms. The van der Waals surface area contributed by atoms with Gasteiger partial charge in [-0.15, -0.1) is 0 Å². The van der Waals surface area contributed by atoms with E-state index in [0.29, 0.717) is 18.9 Å². The second-order valence-corrected chi connectivity index (χ2v) is 4.54. The lowest BCUT2D eigenvalue weighted by Crippen LogP contribution is -2.32. The molecule has 1 saturated heterocycles. The fourth-order valence-corrected chi connectivity index (χ4v) is 2.45. The zero-order chi connectivity index (χ0) is 12.1. The van der Waals surface area contributed by atoms with Crippen LogP contribution in [0.15, 0.2) is 30.3 Å². The topological polar surface area (TPSA) is 40.5 Å². The molecule has 3 heteroatoms. The van der Waals surface area contributed by atoms with Crippen molar-refractivity contribution in [2.75, 3.05) is 19.7 Å². The van der Waals surface area contributed by atoms with Crippen molar-refractivity contribution in [2.24, 2.45) is 0 Å². The second kappa shape index (κ2) is 5.82. The number of carbonyl (C=O) groups excluding carboxylic acids is 1. The fourth-order valence-electron chi connectivity index (χ4n) is 2.45. The van der Waals surface area contributed by atoms with E-state index in [4.69, 9.17) is 5.11 Å². The van der Waals surface area contributed by atoms with Crippen molar-refractivity contribution < 1.29 is 9.90 Å². The van der Waals surface area contributed by atoms with Crippen molar-refractivity contribution in [3.8, 4) is 0 Å². The number of rotatable bonds is 3. The Hall–Kier alpha value is -1.35. The first-order valence-electron chi connectivity index (χ1n) is 6.25. The molecule has 2 rings (SSSR count). The smallest absolute Gasteiger partial charge is 0.222 e. The van der Waals surface area contributed by atoms with Crippen LogP contribution < -0.4 is 0 Å². The maximum absolute atomic E-state index is 11.8. The third-order valence-electron chi connectivity index (χ3n) is 3.45. The maximum Gasteiger partial charge on any atom is 0.222 e. The van der Waals surface area contributed by atoms with Gasteiger partial charge in [0.05, 0.1) is 6.61 Å². The van der Waals surface area contributed by atoms with Crippen LogP contribution in [0.3, 0.4) is 0 Å². The molecule has 0 aliphatic carbocycles. The highest BCUT2D eigenvalue weighted by Gasteiger charge is 2.22. The Bertz CT molecular complexity index is 364. The first kappa shape index (κ1) is 12.1. The van der Waals surface area contributed by atoms with Gasteiger partial charge in [-0.05, 0) is 24.3 Å². The molecule has 0 saturated carbocycles. The monoisotopic (exact) mass is 233 g/mol. The van der Waals surface area contributed by atoms with Crippen LogP contribution >= 0.6 is 0 Å². The standard InChI is InChI=1S/C14H19NO2/c16-11-10-15-9-8-13(6-7-14(15)17)12-4-2-1-3-5-12/h1-5,13,16H,6-11H2. The fraction of sp³-hybridized carbons (Fsp3) is 0.500. The SMILES string of the molecule is O=C1CCC(c2ccccc2)CCN1CCO. The summed E-state index contributed by atoms with van der Waals surface area (Å²) < 4.78 is 0. The highest BCUT2D eigenvalue weighted by Crippen LogP contribution is 2.28. The molecule has 1 heterocycles. The van der Waals surface area contributed by atoms with E-state index in [9.17, 15) is 4.79 Å². The Morgan fingerprint density at radius 1 is 1.24 bits per heavy atom. The molecule has 1 aromatic carbocycles. The van der Waals surface area contributed by atoms with Gasteiger partial charge in [0, 0.05) is 19.5 Å². The average Bonchev–Trinajstić information content (AvgIpc) is 2.55. The Balaban J connectivity index is 2.02. The number of aliphatic hydroxyl groups excluding tert-OH is 1. The first-order chi connectivity index (χ1) is 8.31. The van der Waals surface area contributed by atoms with Gasteiger partial charge >= 0.3 is 0 Å². The molecular weight excluding hydrogens is 214 g/mol. The molecule has 3 nitrogen and oxygen atoms in total. The van der Waals surface area contributed by atoms with E-state index in [2.05, 4.69) is 12.1 Å². The van der Waals surface area contributed by atoms with E-state index in [0.717, 1.165) is 19.4 Å². The predicted molar refractivity (Wildman–Crippen MR) is 66.7 cm³/mol. The minimum absolute atomic E-state index is 0.0573. The number of hydrogen-bond acceptors (Lipinski definition) is 2. The minimum Gasteiger partial charge on any atom is -0.395 e. The van der Waals surface area contributed by atoms with Crippen molar-refractivity contribution >= 4 is 5.91 Å². The summed E-state index contributed by atoms with van der Waals surface area (Å²) in [4.78, 5) is 13.6. The number of β-amino-alcohol motifs (C(OH)–C–C–N with tert-alkyl or cyclic N) is 1. The van der Waals surface area contributed by atoms with Crippen LogP contribution in [0.2, 0.25) is 0 Å². The van der Waals surface area contributed by atoms with Gasteiger partial charge in [-0.1, -0.05) is 30.3 Å². The summed E-state index contributed by atoms with van der Waals surface area (Å²) >= 11 is 0. The Kier molecular flexibility index (Phi) is 4.15. The Morgan fingerprint density at radius 3 is 2.71 bits per heavy atom.